The molecule has 6 N–H and O–H groups in total. The van der Waals surface area contributed by atoms with Crippen LogP contribution in [0.2, 0.25) is 0 Å². The van der Waals surface area contributed by atoms with Crippen molar-refractivity contribution in [3.05, 3.63) is 71.8 Å². The molecule has 13 heteroatoms. The number of carbonyl (C=O) groups is 6. The van der Waals surface area contributed by atoms with E-state index in [0.29, 0.717) is 9.80 Å². The number of nitrogens with zero attached hydrogens (tertiary/aromatic N) is 2. The van der Waals surface area contributed by atoms with Crippen molar-refractivity contribution in [3.63, 3.8) is 0 Å². The number of aliphatic carboxylic acids is 2. The summed E-state index contributed by atoms with van der Waals surface area (Å²) in [6, 6.07) is 9.68. The van der Waals surface area contributed by atoms with Crippen molar-refractivity contribution in [1.82, 2.24) is 9.80 Å². The molecule has 2 aromatic carbocycles. The van der Waals surface area contributed by atoms with Crippen LogP contribution in [0.25, 0.3) is 0 Å². The number of hydrogen-bond donors (Lipinski definition) is 4. The number of carbonyl (C=O) groups excluding carboxylic acids is 4. The largest absolute Gasteiger partial charge is 0.479 e. The lowest BCUT2D eigenvalue weighted by molar-refractivity contribution is -0.147. The lowest BCUT2D eigenvalue weighted by Gasteiger charge is -2.26. The van der Waals surface area contributed by atoms with Gasteiger partial charge in [0.05, 0.1) is 0 Å². The van der Waals surface area contributed by atoms with Crippen LogP contribution in [0.4, 0.5) is 9.59 Å². The number of nitrogens with two attached hydrogens (primary N) is 2. The van der Waals surface area contributed by atoms with Gasteiger partial charge in [0, 0.05) is 24.3 Å². The van der Waals surface area contributed by atoms with Gasteiger partial charge < -0.3 is 21.7 Å². The highest BCUT2D eigenvalue weighted by Crippen LogP contribution is 2.24. The average Bonchev–Trinajstić information content (AvgIpc) is 2.85. The number of hydrogen-bond acceptors (Lipinski definition) is 7. The number of rotatable bonds is 12. The van der Waals surface area contributed by atoms with E-state index in [2.05, 4.69) is 0 Å². The van der Waals surface area contributed by atoms with Crippen LogP contribution in [-0.4, -0.2) is 67.3 Å². The Bertz CT molecular complexity index is 1060. The Morgan fingerprint density at radius 2 is 0.973 bits per heavy atom. The number of benzene rings is 2. The molecule has 6 amide bonds. The summed E-state index contributed by atoms with van der Waals surface area (Å²) in [5, 5.41) is 19.2. The second-order valence-corrected chi connectivity index (χ2v) is 8.84. The van der Waals surface area contributed by atoms with Gasteiger partial charge in [-0.05, 0) is 11.1 Å². The first-order valence-electron chi connectivity index (χ1n) is 10.9. The fraction of sp³-hybridized carbons (Fsp3) is 0.250. The minimum atomic E-state index is -1.60. The minimum Gasteiger partial charge on any atom is -0.479 e. The molecule has 0 aliphatic carbocycles. The molecule has 0 fully saturated rings. The Hall–Kier alpha value is -4.39. The highest BCUT2D eigenvalue weighted by molar-refractivity contribution is 7.99. The van der Waals surface area contributed by atoms with Crippen molar-refractivity contribution >= 4 is 47.6 Å². The van der Waals surface area contributed by atoms with Crippen LogP contribution in [0.1, 0.15) is 36.1 Å². The molecule has 0 spiro atoms. The fourth-order valence-corrected chi connectivity index (χ4v) is 4.37. The highest BCUT2D eigenvalue weighted by Gasteiger charge is 2.36. The Morgan fingerprint density at radius 3 is 1.24 bits per heavy atom. The molecule has 0 aromatic heterocycles. The van der Waals surface area contributed by atoms with Crippen LogP contribution in [0.5, 0.6) is 0 Å². The van der Waals surface area contributed by atoms with Gasteiger partial charge in [-0.3, -0.25) is 9.59 Å². The Kier molecular flexibility index (Phi) is 10.6. The second-order valence-electron chi connectivity index (χ2n) is 7.62. The molecule has 0 bridgehead atoms. The zero-order valence-corrected chi connectivity index (χ0v) is 20.4. The monoisotopic (exact) mass is 530 g/mol. The first-order valence-corrected chi connectivity index (χ1v) is 12.1. The van der Waals surface area contributed by atoms with E-state index in [-0.39, 0.29) is 35.5 Å². The smallest absolute Gasteiger partial charge is 0.331 e. The number of thioether (sulfide) groups is 1. The second kappa shape index (κ2) is 13.6. The van der Waals surface area contributed by atoms with Gasteiger partial charge in [-0.25, -0.2) is 29.0 Å². The van der Waals surface area contributed by atoms with E-state index in [0.717, 1.165) is 11.8 Å². The topological polar surface area (TPSA) is 201 Å². The molecule has 2 atom stereocenters. The van der Waals surface area contributed by atoms with E-state index < -0.39 is 47.9 Å². The molecule has 2 rings (SSSR count). The lowest BCUT2D eigenvalue weighted by atomic mass is 10.1. The van der Waals surface area contributed by atoms with E-state index in [1.807, 2.05) is 0 Å². The molecular formula is C24H26N4O8S. The highest BCUT2D eigenvalue weighted by atomic mass is 32.2. The molecular weight excluding hydrogens is 504 g/mol. The maximum absolute atomic E-state index is 12.7. The average molecular weight is 531 g/mol. The first kappa shape index (κ1) is 28.8. The molecule has 2 aromatic rings. The van der Waals surface area contributed by atoms with E-state index in [4.69, 9.17) is 11.5 Å². The van der Waals surface area contributed by atoms with Gasteiger partial charge in [-0.1, -0.05) is 60.7 Å². The van der Waals surface area contributed by atoms with Gasteiger partial charge >= 0.3 is 24.0 Å². The number of primary amides is 2. The predicted octanol–water partition coefficient (Wildman–Crippen LogP) is 1.97. The Morgan fingerprint density at radius 1 is 0.649 bits per heavy atom. The summed E-state index contributed by atoms with van der Waals surface area (Å²) < 4.78 is 0. The number of imide groups is 2. The summed E-state index contributed by atoms with van der Waals surface area (Å²) in [7, 11) is 0. The third-order valence-electron chi connectivity index (χ3n) is 5.15. The summed E-state index contributed by atoms with van der Waals surface area (Å²) in [6.07, 6.45) is -0.528. The maximum Gasteiger partial charge on any atom is 0.331 e. The van der Waals surface area contributed by atoms with Crippen LogP contribution in [0.15, 0.2) is 60.7 Å². The number of amides is 6. The van der Waals surface area contributed by atoms with Crippen LogP contribution in [-0.2, 0) is 19.2 Å². The van der Waals surface area contributed by atoms with Gasteiger partial charge in [0.15, 0.2) is 12.1 Å². The zero-order chi connectivity index (χ0) is 27.5. The molecule has 12 nitrogen and oxygen atoms in total. The molecule has 0 radical (unpaired) electrons. The molecule has 37 heavy (non-hydrogen) atoms. The van der Waals surface area contributed by atoms with Crippen LogP contribution in [0, 0.1) is 0 Å². The minimum absolute atomic E-state index is 0.0919. The van der Waals surface area contributed by atoms with Crippen molar-refractivity contribution in [3.8, 4) is 0 Å². The third-order valence-corrected chi connectivity index (χ3v) is 6.13. The fourth-order valence-electron chi connectivity index (χ4n) is 3.53. The predicted molar refractivity (Wildman–Crippen MR) is 133 cm³/mol. The molecule has 0 saturated heterocycles. The summed E-state index contributed by atoms with van der Waals surface area (Å²) in [5.74, 6) is -4.33. The summed E-state index contributed by atoms with van der Waals surface area (Å²) in [4.78, 5) is 73.7. The maximum atomic E-state index is 12.7. The summed E-state index contributed by atoms with van der Waals surface area (Å²) in [6.45, 7) is 0. The SMILES string of the molecule is NC(=O)N(C(=O)CCSCCC(=O)N(C(N)=O)C(C(=O)O)c1ccccc1)C(C(=O)O)c1ccccc1. The van der Waals surface area contributed by atoms with E-state index in [1.165, 1.54) is 24.3 Å². The van der Waals surface area contributed by atoms with Crippen molar-refractivity contribution in [2.45, 2.75) is 24.9 Å². The normalized spacial score (nSPS) is 12.1. The summed E-state index contributed by atoms with van der Waals surface area (Å²) in [5.41, 5.74) is 11.0. The van der Waals surface area contributed by atoms with Crippen molar-refractivity contribution in [2.75, 3.05) is 11.5 Å². The number of carboxylic acid groups (broad SMARTS) is 2. The number of urea groups is 2. The van der Waals surface area contributed by atoms with Gasteiger partial charge in [0.2, 0.25) is 11.8 Å². The zero-order valence-electron chi connectivity index (χ0n) is 19.6. The van der Waals surface area contributed by atoms with Crippen LogP contribution >= 0.6 is 11.8 Å². The Balaban J connectivity index is 1.99. The van der Waals surface area contributed by atoms with Crippen LogP contribution < -0.4 is 11.5 Å². The third kappa shape index (κ3) is 7.80. The molecule has 0 aliphatic rings. The van der Waals surface area contributed by atoms with Crippen LogP contribution in [0.3, 0.4) is 0 Å². The molecule has 196 valence electrons. The van der Waals surface area contributed by atoms with E-state index >= 15 is 0 Å². The van der Waals surface area contributed by atoms with Crippen molar-refractivity contribution in [1.29, 1.82) is 0 Å². The van der Waals surface area contributed by atoms with Crippen molar-refractivity contribution in [2.24, 2.45) is 11.5 Å². The van der Waals surface area contributed by atoms with Gasteiger partial charge in [0.25, 0.3) is 0 Å². The van der Waals surface area contributed by atoms with Gasteiger partial charge in [-0.2, -0.15) is 11.8 Å². The Labute approximate surface area is 216 Å². The molecule has 2 unspecified atom stereocenters. The lowest BCUT2D eigenvalue weighted by Crippen LogP contribution is -2.46. The standard InChI is InChI=1S/C24H26N4O8S/c25-23(35)27(19(21(31)32)15-7-3-1-4-8-15)17(29)11-13-37-14-12-18(30)28(24(26)36)20(22(33)34)16-9-5-2-6-10-16/h1-10,19-20H,11-14H2,(H2,25,35)(H2,26,36)(H,31,32)(H,33,34). The van der Waals surface area contributed by atoms with E-state index in [9.17, 15) is 39.0 Å². The quantitative estimate of drug-likeness (QED) is 0.296. The first-order chi connectivity index (χ1) is 17.6. The summed E-state index contributed by atoms with van der Waals surface area (Å²) >= 11 is 1.11. The van der Waals surface area contributed by atoms with Gasteiger partial charge in [-0.15, -0.1) is 0 Å². The van der Waals surface area contributed by atoms with E-state index in [1.54, 1.807) is 36.4 Å². The van der Waals surface area contributed by atoms with Crippen molar-refractivity contribution < 1.29 is 39.0 Å². The van der Waals surface area contributed by atoms with Gasteiger partial charge in [0.1, 0.15) is 0 Å². The molecule has 0 saturated carbocycles. The molecule has 0 aliphatic heterocycles. The number of carboxylic acids is 2. The molecule has 0 heterocycles.